The number of fused-ring (bicyclic) bond motifs is 1. The molecule has 7 nitrogen and oxygen atoms in total. The minimum atomic E-state index is -4.03. The smallest absolute Gasteiger partial charge is 0.271 e. The molecule has 19 heavy (non-hydrogen) atoms. The van der Waals surface area contributed by atoms with Gasteiger partial charge in [-0.1, -0.05) is 0 Å². The van der Waals surface area contributed by atoms with Crippen molar-refractivity contribution in [2.24, 2.45) is 5.14 Å². The van der Waals surface area contributed by atoms with Crippen molar-refractivity contribution < 1.29 is 21.3 Å². The van der Waals surface area contributed by atoms with Crippen LogP contribution in [0.5, 0.6) is 0 Å². The third kappa shape index (κ3) is 2.69. The van der Waals surface area contributed by atoms with E-state index < -0.39 is 30.2 Å². The maximum Gasteiger partial charge on any atom is 0.271 e. The fraction of sp³-hybridized carbons (Fsp3) is 0.600. The molecule has 9 heteroatoms. The zero-order valence-electron chi connectivity index (χ0n) is 10.7. The summed E-state index contributed by atoms with van der Waals surface area (Å²) in [6.07, 6.45) is 0.906. The number of sulfone groups is 1. The molecular formula is C10H16N2O5S2. The van der Waals surface area contributed by atoms with Crippen molar-refractivity contribution in [3.8, 4) is 0 Å². The summed E-state index contributed by atoms with van der Waals surface area (Å²) in [6, 6.07) is 1.20. The first-order chi connectivity index (χ1) is 8.62. The fourth-order valence-electron chi connectivity index (χ4n) is 2.16. The van der Waals surface area contributed by atoms with Gasteiger partial charge in [0.15, 0.2) is 0 Å². The van der Waals surface area contributed by atoms with Gasteiger partial charge in [0.05, 0.1) is 5.25 Å². The summed E-state index contributed by atoms with van der Waals surface area (Å²) in [6.45, 7) is 0.368. The minimum absolute atomic E-state index is 0.255. The lowest BCUT2D eigenvalue weighted by Crippen LogP contribution is -2.35. The van der Waals surface area contributed by atoms with Gasteiger partial charge < -0.3 is 9.32 Å². The molecule has 2 N–H and O–H groups in total. The number of hydrogen-bond acceptors (Lipinski definition) is 6. The van der Waals surface area contributed by atoms with E-state index in [1.807, 2.05) is 0 Å². The molecule has 0 aliphatic carbocycles. The molecule has 0 spiro atoms. The average molecular weight is 308 g/mol. The van der Waals surface area contributed by atoms with Crippen LogP contribution in [0, 0.1) is 0 Å². The minimum Gasteiger partial charge on any atom is -0.432 e. The Morgan fingerprint density at radius 2 is 2.11 bits per heavy atom. The summed E-state index contributed by atoms with van der Waals surface area (Å²) >= 11 is 0. The number of furan rings is 1. The van der Waals surface area contributed by atoms with Gasteiger partial charge in [0, 0.05) is 18.2 Å². The topological polar surface area (TPSA) is 111 Å². The van der Waals surface area contributed by atoms with Crippen LogP contribution in [0.4, 0.5) is 0 Å². The summed E-state index contributed by atoms with van der Waals surface area (Å²) in [7, 11) is -4.11. The summed E-state index contributed by atoms with van der Waals surface area (Å²) in [4.78, 5) is 1.77. The molecule has 2 rings (SSSR count). The van der Waals surface area contributed by atoms with Gasteiger partial charge in [0.1, 0.15) is 0 Å². The van der Waals surface area contributed by atoms with Crippen LogP contribution in [0.25, 0.3) is 0 Å². The van der Waals surface area contributed by atoms with E-state index in [0.717, 1.165) is 0 Å². The molecule has 1 atom stereocenters. The predicted molar refractivity (Wildman–Crippen MR) is 67.9 cm³/mol. The zero-order valence-corrected chi connectivity index (χ0v) is 12.3. The molecular weight excluding hydrogens is 292 g/mol. The van der Waals surface area contributed by atoms with Crippen molar-refractivity contribution in [1.82, 2.24) is 4.90 Å². The second kappa shape index (κ2) is 4.58. The second-order valence-corrected chi connectivity index (χ2v) is 8.51. The molecule has 0 fully saturated rings. The van der Waals surface area contributed by atoms with E-state index >= 15 is 0 Å². The lowest BCUT2D eigenvalue weighted by Gasteiger charge is -2.23. The first-order valence-corrected chi connectivity index (χ1v) is 8.76. The molecule has 1 aliphatic rings. The molecule has 1 aromatic heterocycles. The SMILES string of the molecule is CN(C)CC1CCc2cc(S(N)(=O)=O)oc2S1(=O)=O. The molecule has 1 aromatic rings. The highest BCUT2D eigenvalue weighted by molar-refractivity contribution is 7.92. The molecule has 0 amide bonds. The predicted octanol–water partition coefficient (Wildman–Crippen LogP) is -0.423. The van der Waals surface area contributed by atoms with E-state index in [1.165, 1.54) is 6.07 Å². The number of primary sulfonamides is 1. The standard InChI is InChI=1S/C10H16N2O5S2/c1-12(2)6-8-4-3-7-5-9(19(11,15)16)17-10(7)18(8,13)14/h5,8H,3-4,6H2,1-2H3,(H2,11,15,16). The summed E-state index contributed by atoms with van der Waals surface area (Å²) in [5, 5.41) is 3.61. The van der Waals surface area contributed by atoms with Gasteiger partial charge in [0.2, 0.25) is 20.0 Å². The van der Waals surface area contributed by atoms with Crippen LogP contribution in [-0.4, -0.2) is 47.6 Å². The molecule has 0 saturated heterocycles. The van der Waals surface area contributed by atoms with Crippen LogP contribution in [-0.2, 0) is 26.3 Å². The molecule has 0 bridgehead atoms. The van der Waals surface area contributed by atoms with E-state index in [9.17, 15) is 16.8 Å². The van der Waals surface area contributed by atoms with Crippen molar-refractivity contribution >= 4 is 19.9 Å². The number of rotatable bonds is 3. The monoisotopic (exact) mass is 308 g/mol. The number of hydrogen-bond donors (Lipinski definition) is 1. The third-order valence-electron chi connectivity index (χ3n) is 3.03. The average Bonchev–Trinajstić information content (AvgIpc) is 2.66. The molecule has 2 heterocycles. The van der Waals surface area contributed by atoms with Crippen molar-refractivity contribution in [3.63, 3.8) is 0 Å². The van der Waals surface area contributed by atoms with E-state index in [4.69, 9.17) is 9.56 Å². The number of sulfonamides is 1. The maximum absolute atomic E-state index is 12.3. The van der Waals surface area contributed by atoms with Gasteiger partial charge in [-0.05, 0) is 26.9 Å². The summed E-state index contributed by atoms with van der Waals surface area (Å²) < 4.78 is 52.0. The van der Waals surface area contributed by atoms with Crippen LogP contribution in [0.15, 0.2) is 20.7 Å². The molecule has 108 valence electrons. The van der Waals surface area contributed by atoms with Gasteiger partial charge in [-0.15, -0.1) is 0 Å². The Morgan fingerprint density at radius 3 is 2.63 bits per heavy atom. The number of nitrogens with zero attached hydrogens (tertiary/aromatic N) is 1. The van der Waals surface area contributed by atoms with E-state index in [0.29, 0.717) is 24.9 Å². The van der Waals surface area contributed by atoms with Crippen LogP contribution in [0.2, 0.25) is 0 Å². The summed E-state index contributed by atoms with van der Waals surface area (Å²) in [5.74, 6) is 0. The lowest BCUT2D eigenvalue weighted by molar-refractivity contribution is 0.346. The Balaban J connectivity index is 2.48. The molecule has 0 radical (unpaired) electrons. The van der Waals surface area contributed by atoms with Gasteiger partial charge in [0.25, 0.3) is 10.0 Å². The van der Waals surface area contributed by atoms with Crippen LogP contribution in [0.3, 0.4) is 0 Å². The normalized spacial score (nSPS) is 22.4. The first kappa shape index (κ1) is 14.5. The van der Waals surface area contributed by atoms with Gasteiger partial charge >= 0.3 is 0 Å². The fourth-order valence-corrected chi connectivity index (χ4v) is 4.68. The number of nitrogens with two attached hydrogens (primary N) is 1. The van der Waals surface area contributed by atoms with E-state index in [1.54, 1.807) is 19.0 Å². The maximum atomic E-state index is 12.3. The highest BCUT2D eigenvalue weighted by atomic mass is 32.2. The summed E-state index contributed by atoms with van der Waals surface area (Å²) in [5.41, 5.74) is 0.388. The van der Waals surface area contributed by atoms with Crippen molar-refractivity contribution in [3.05, 3.63) is 11.6 Å². The van der Waals surface area contributed by atoms with Gasteiger partial charge in [-0.2, -0.15) is 0 Å². The Kier molecular flexibility index (Phi) is 3.50. The Labute approximate surface area is 112 Å². The van der Waals surface area contributed by atoms with Crippen LogP contribution < -0.4 is 5.14 Å². The Bertz CT molecular complexity index is 688. The van der Waals surface area contributed by atoms with E-state index in [2.05, 4.69) is 0 Å². The first-order valence-electron chi connectivity index (χ1n) is 5.66. The van der Waals surface area contributed by atoms with Crippen molar-refractivity contribution in [1.29, 1.82) is 0 Å². The molecule has 1 unspecified atom stereocenters. The van der Waals surface area contributed by atoms with Crippen LogP contribution >= 0.6 is 0 Å². The van der Waals surface area contributed by atoms with Gasteiger partial charge in [-0.25, -0.2) is 22.0 Å². The Morgan fingerprint density at radius 1 is 1.47 bits per heavy atom. The second-order valence-electron chi connectivity index (χ2n) is 4.89. The Hall–Kier alpha value is -0.900. The largest absolute Gasteiger partial charge is 0.432 e. The van der Waals surface area contributed by atoms with Crippen molar-refractivity contribution in [2.45, 2.75) is 28.3 Å². The highest BCUT2D eigenvalue weighted by Gasteiger charge is 2.38. The van der Waals surface area contributed by atoms with E-state index in [-0.39, 0.29) is 5.09 Å². The highest BCUT2D eigenvalue weighted by Crippen LogP contribution is 2.33. The number of aryl methyl sites for hydroxylation is 1. The van der Waals surface area contributed by atoms with Crippen LogP contribution in [0.1, 0.15) is 12.0 Å². The zero-order chi connectivity index (χ0) is 14.4. The third-order valence-corrected chi connectivity index (χ3v) is 5.92. The molecule has 0 aromatic carbocycles. The molecule has 0 saturated carbocycles. The van der Waals surface area contributed by atoms with Crippen molar-refractivity contribution in [2.75, 3.05) is 20.6 Å². The van der Waals surface area contributed by atoms with Gasteiger partial charge in [-0.3, -0.25) is 0 Å². The molecule has 1 aliphatic heterocycles. The quantitative estimate of drug-likeness (QED) is 0.811. The lowest BCUT2D eigenvalue weighted by atomic mass is 10.1.